The fourth-order valence-corrected chi connectivity index (χ4v) is 2.66. The Labute approximate surface area is 166 Å². The third kappa shape index (κ3) is 5.76. The van der Waals surface area contributed by atoms with E-state index < -0.39 is 22.8 Å². The second-order valence-electron chi connectivity index (χ2n) is 6.15. The van der Waals surface area contributed by atoms with E-state index in [1.165, 1.54) is 44.4 Å². The minimum Gasteiger partial charge on any atom is -0.496 e. The molecule has 152 valence electrons. The summed E-state index contributed by atoms with van der Waals surface area (Å²) in [5.74, 6) is -1.38. The molecule has 0 aromatic heterocycles. The molecular weight excluding hydrogens is 380 g/mol. The summed E-state index contributed by atoms with van der Waals surface area (Å²) in [5, 5.41) is 16.1. The van der Waals surface area contributed by atoms with Gasteiger partial charge in [-0.05, 0) is 24.3 Å². The topological polar surface area (TPSA) is 154 Å². The molecule has 0 saturated heterocycles. The van der Waals surface area contributed by atoms with E-state index in [9.17, 15) is 24.5 Å². The predicted molar refractivity (Wildman–Crippen MR) is 105 cm³/mol. The van der Waals surface area contributed by atoms with Crippen LogP contribution in [-0.4, -0.2) is 35.8 Å². The first-order valence-corrected chi connectivity index (χ1v) is 8.50. The summed E-state index contributed by atoms with van der Waals surface area (Å²) in [6.45, 7) is 1.34. The predicted octanol–water partition coefficient (Wildman–Crippen LogP) is 1.39. The van der Waals surface area contributed by atoms with Crippen LogP contribution in [0.3, 0.4) is 0 Å². The highest BCUT2D eigenvalue weighted by Gasteiger charge is 2.23. The van der Waals surface area contributed by atoms with Crippen LogP contribution in [0.2, 0.25) is 0 Å². The van der Waals surface area contributed by atoms with Gasteiger partial charge in [0, 0.05) is 42.3 Å². The molecule has 0 bridgehead atoms. The number of nitro benzene ring substituents is 1. The molecule has 0 spiro atoms. The minimum absolute atomic E-state index is 0.0999. The number of carbonyl (C=O) groups is 3. The Bertz CT molecular complexity index is 959. The van der Waals surface area contributed by atoms with Crippen LogP contribution >= 0.6 is 0 Å². The maximum Gasteiger partial charge on any atom is 0.269 e. The summed E-state index contributed by atoms with van der Waals surface area (Å²) in [4.78, 5) is 46.0. The van der Waals surface area contributed by atoms with Gasteiger partial charge in [-0.25, -0.2) is 0 Å². The standard InChI is InChI=1S/C19H20N4O6/c1-11(24)21-14-5-3-4-12(8-14)19(26)22-16(18(20)25)10-13-9-15(23(27)28)6-7-17(13)29-2/h3-9,16H,10H2,1-2H3,(H2,20,25)(H,21,24)(H,22,26)/t16-/m1/s1. The van der Waals surface area contributed by atoms with Gasteiger partial charge in [-0.3, -0.25) is 24.5 Å². The Morgan fingerprint density at radius 3 is 2.52 bits per heavy atom. The lowest BCUT2D eigenvalue weighted by Gasteiger charge is -2.17. The summed E-state index contributed by atoms with van der Waals surface area (Å²) in [6, 6.07) is 8.94. The number of ether oxygens (including phenoxy) is 1. The van der Waals surface area contributed by atoms with Crippen LogP contribution in [0, 0.1) is 10.1 Å². The SMILES string of the molecule is COc1ccc([N+](=O)[O-])cc1C[C@@H](NC(=O)c1cccc(NC(C)=O)c1)C(N)=O. The zero-order valence-electron chi connectivity index (χ0n) is 15.8. The number of nitrogens with zero attached hydrogens (tertiary/aromatic N) is 1. The van der Waals surface area contributed by atoms with Crippen LogP contribution in [0.1, 0.15) is 22.8 Å². The van der Waals surface area contributed by atoms with Gasteiger partial charge in [-0.15, -0.1) is 0 Å². The number of non-ortho nitro benzene ring substituents is 1. The number of methoxy groups -OCH3 is 1. The van der Waals surface area contributed by atoms with Gasteiger partial charge in [0.1, 0.15) is 11.8 Å². The summed E-state index contributed by atoms with van der Waals surface area (Å²) in [6.07, 6.45) is -0.0999. The monoisotopic (exact) mass is 400 g/mol. The number of hydrogen-bond acceptors (Lipinski definition) is 6. The van der Waals surface area contributed by atoms with E-state index in [-0.39, 0.29) is 23.6 Å². The van der Waals surface area contributed by atoms with Gasteiger partial charge in [0.05, 0.1) is 12.0 Å². The van der Waals surface area contributed by atoms with Crippen molar-refractivity contribution in [2.24, 2.45) is 5.73 Å². The van der Waals surface area contributed by atoms with E-state index in [2.05, 4.69) is 10.6 Å². The molecular formula is C19H20N4O6. The van der Waals surface area contributed by atoms with Crippen molar-refractivity contribution >= 4 is 29.1 Å². The second-order valence-corrected chi connectivity index (χ2v) is 6.15. The van der Waals surface area contributed by atoms with Gasteiger partial charge in [0.25, 0.3) is 11.6 Å². The molecule has 0 heterocycles. The average Bonchev–Trinajstić information content (AvgIpc) is 2.66. The smallest absolute Gasteiger partial charge is 0.269 e. The molecule has 0 aliphatic rings. The lowest BCUT2D eigenvalue weighted by Crippen LogP contribution is -2.45. The van der Waals surface area contributed by atoms with Crippen LogP contribution in [-0.2, 0) is 16.0 Å². The largest absolute Gasteiger partial charge is 0.496 e. The number of hydrogen-bond donors (Lipinski definition) is 3. The third-order valence-corrected chi connectivity index (χ3v) is 3.99. The van der Waals surface area contributed by atoms with Crippen molar-refractivity contribution in [2.75, 3.05) is 12.4 Å². The van der Waals surface area contributed by atoms with E-state index in [1.54, 1.807) is 12.1 Å². The maximum atomic E-state index is 12.5. The van der Waals surface area contributed by atoms with Gasteiger partial charge in [-0.1, -0.05) is 6.07 Å². The van der Waals surface area contributed by atoms with E-state index >= 15 is 0 Å². The van der Waals surface area contributed by atoms with E-state index in [1.807, 2.05) is 0 Å². The number of nitrogens with two attached hydrogens (primary N) is 1. The van der Waals surface area contributed by atoms with Crippen molar-refractivity contribution in [3.05, 3.63) is 63.7 Å². The number of nitrogens with one attached hydrogen (secondary N) is 2. The van der Waals surface area contributed by atoms with Crippen molar-refractivity contribution in [2.45, 2.75) is 19.4 Å². The van der Waals surface area contributed by atoms with E-state index in [0.29, 0.717) is 17.0 Å². The van der Waals surface area contributed by atoms with Crippen LogP contribution in [0.25, 0.3) is 0 Å². The normalized spacial score (nSPS) is 11.2. The average molecular weight is 400 g/mol. The molecule has 0 unspecified atom stereocenters. The lowest BCUT2D eigenvalue weighted by molar-refractivity contribution is -0.384. The molecule has 0 aliphatic heterocycles. The molecule has 10 nitrogen and oxygen atoms in total. The van der Waals surface area contributed by atoms with Crippen LogP contribution in [0.4, 0.5) is 11.4 Å². The Morgan fingerprint density at radius 1 is 1.21 bits per heavy atom. The Balaban J connectivity index is 2.24. The van der Waals surface area contributed by atoms with Gasteiger partial charge in [0.2, 0.25) is 11.8 Å². The molecule has 2 aromatic rings. The molecule has 0 aliphatic carbocycles. The van der Waals surface area contributed by atoms with E-state index in [4.69, 9.17) is 10.5 Å². The Kier molecular flexibility index (Phi) is 6.85. The fourth-order valence-electron chi connectivity index (χ4n) is 2.66. The first-order valence-electron chi connectivity index (χ1n) is 8.50. The number of anilines is 1. The molecule has 2 aromatic carbocycles. The molecule has 0 fully saturated rings. The summed E-state index contributed by atoms with van der Waals surface area (Å²) < 4.78 is 5.18. The quantitative estimate of drug-likeness (QED) is 0.449. The fraction of sp³-hybridized carbons (Fsp3) is 0.211. The number of benzene rings is 2. The third-order valence-electron chi connectivity index (χ3n) is 3.99. The highest BCUT2D eigenvalue weighted by Crippen LogP contribution is 2.25. The number of amides is 3. The van der Waals surface area contributed by atoms with Crippen LogP contribution < -0.4 is 21.1 Å². The van der Waals surface area contributed by atoms with Gasteiger partial charge >= 0.3 is 0 Å². The van der Waals surface area contributed by atoms with Crippen LogP contribution in [0.15, 0.2) is 42.5 Å². The minimum atomic E-state index is -1.14. The van der Waals surface area contributed by atoms with Crippen molar-refractivity contribution in [1.82, 2.24) is 5.32 Å². The van der Waals surface area contributed by atoms with Crippen molar-refractivity contribution in [3.63, 3.8) is 0 Å². The summed E-state index contributed by atoms with van der Waals surface area (Å²) in [5.41, 5.74) is 6.19. The number of primary amides is 1. The van der Waals surface area contributed by atoms with Crippen molar-refractivity contribution < 1.29 is 24.0 Å². The molecule has 0 radical (unpaired) electrons. The Hall–Kier alpha value is -3.95. The highest BCUT2D eigenvalue weighted by molar-refractivity contribution is 5.99. The number of rotatable bonds is 8. The first-order chi connectivity index (χ1) is 13.7. The summed E-state index contributed by atoms with van der Waals surface area (Å²) >= 11 is 0. The highest BCUT2D eigenvalue weighted by atomic mass is 16.6. The molecule has 3 amide bonds. The zero-order valence-corrected chi connectivity index (χ0v) is 15.8. The van der Waals surface area contributed by atoms with Gasteiger partial charge in [-0.2, -0.15) is 0 Å². The molecule has 10 heteroatoms. The summed E-state index contributed by atoms with van der Waals surface area (Å²) in [7, 11) is 1.38. The van der Waals surface area contributed by atoms with Crippen LogP contribution in [0.5, 0.6) is 5.75 Å². The molecule has 1 atom stereocenters. The zero-order chi connectivity index (χ0) is 21.6. The first kappa shape index (κ1) is 21.4. The molecule has 0 saturated carbocycles. The number of nitro groups is 1. The van der Waals surface area contributed by atoms with Gasteiger partial charge < -0.3 is 21.1 Å². The number of carbonyl (C=O) groups excluding carboxylic acids is 3. The molecule has 2 rings (SSSR count). The molecule has 29 heavy (non-hydrogen) atoms. The second kappa shape index (κ2) is 9.31. The Morgan fingerprint density at radius 2 is 1.93 bits per heavy atom. The maximum absolute atomic E-state index is 12.5. The van der Waals surface area contributed by atoms with Crippen molar-refractivity contribution in [3.8, 4) is 5.75 Å². The molecule has 4 N–H and O–H groups in total. The lowest BCUT2D eigenvalue weighted by atomic mass is 10.0. The van der Waals surface area contributed by atoms with Crippen molar-refractivity contribution in [1.29, 1.82) is 0 Å². The van der Waals surface area contributed by atoms with E-state index in [0.717, 1.165) is 0 Å². The van der Waals surface area contributed by atoms with Gasteiger partial charge in [0.15, 0.2) is 0 Å².